The second-order valence-corrected chi connectivity index (χ2v) is 6.27. The SMILES string of the molecule is CCNC(C)c1cnc(C2CSCCN2C)nc1C. The van der Waals surface area contributed by atoms with Gasteiger partial charge in [-0.1, -0.05) is 6.92 Å². The molecule has 2 atom stereocenters. The number of rotatable bonds is 4. The molecule has 0 radical (unpaired) electrons. The number of aromatic nitrogens is 2. The summed E-state index contributed by atoms with van der Waals surface area (Å²) in [6.07, 6.45) is 2.00. The van der Waals surface area contributed by atoms with E-state index >= 15 is 0 Å². The maximum atomic E-state index is 4.74. The van der Waals surface area contributed by atoms with E-state index in [9.17, 15) is 0 Å². The first kappa shape index (κ1) is 14.8. The van der Waals surface area contributed by atoms with Gasteiger partial charge in [0.1, 0.15) is 5.82 Å². The van der Waals surface area contributed by atoms with Crippen LogP contribution in [0.25, 0.3) is 0 Å². The van der Waals surface area contributed by atoms with Crippen LogP contribution in [-0.4, -0.2) is 46.5 Å². The van der Waals surface area contributed by atoms with Crippen LogP contribution in [0.2, 0.25) is 0 Å². The van der Waals surface area contributed by atoms with E-state index in [1.165, 1.54) is 11.3 Å². The van der Waals surface area contributed by atoms with Crippen LogP contribution in [0, 0.1) is 6.92 Å². The molecule has 2 rings (SSSR count). The Bertz CT molecular complexity index is 424. The van der Waals surface area contributed by atoms with Crippen LogP contribution >= 0.6 is 11.8 Å². The average molecular weight is 280 g/mol. The molecule has 0 spiro atoms. The first-order valence-electron chi connectivity index (χ1n) is 6.98. The number of nitrogens with one attached hydrogen (secondary N) is 1. The Labute approximate surface area is 120 Å². The molecule has 2 heterocycles. The molecule has 5 heteroatoms. The predicted octanol–water partition coefficient (Wildman–Crippen LogP) is 2.18. The van der Waals surface area contributed by atoms with Gasteiger partial charge in [-0.15, -0.1) is 0 Å². The van der Waals surface area contributed by atoms with Crippen LogP contribution in [0.1, 0.15) is 43.0 Å². The molecule has 1 N–H and O–H groups in total. The fourth-order valence-electron chi connectivity index (χ4n) is 2.45. The van der Waals surface area contributed by atoms with Gasteiger partial charge < -0.3 is 5.32 Å². The van der Waals surface area contributed by atoms with E-state index < -0.39 is 0 Å². The molecule has 0 aliphatic carbocycles. The van der Waals surface area contributed by atoms with Gasteiger partial charge >= 0.3 is 0 Å². The fraction of sp³-hybridized carbons (Fsp3) is 0.714. The van der Waals surface area contributed by atoms with Crippen molar-refractivity contribution in [1.29, 1.82) is 0 Å². The third kappa shape index (κ3) is 3.46. The van der Waals surface area contributed by atoms with Crippen molar-refractivity contribution in [3.05, 3.63) is 23.3 Å². The molecule has 1 saturated heterocycles. The molecular formula is C14H24N4S. The first-order chi connectivity index (χ1) is 9.13. The molecule has 1 aromatic rings. The minimum Gasteiger partial charge on any atom is -0.310 e. The van der Waals surface area contributed by atoms with Gasteiger partial charge in [0, 0.05) is 41.5 Å². The Balaban J connectivity index is 2.18. The second kappa shape index (κ2) is 6.68. The molecular weight excluding hydrogens is 256 g/mol. The number of aryl methyl sites for hydroxylation is 1. The zero-order valence-corrected chi connectivity index (χ0v) is 13.1. The number of hydrogen-bond acceptors (Lipinski definition) is 5. The Hall–Kier alpha value is -0.650. The molecule has 0 saturated carbocycles. The van der Waals surface area contributed by atoms with Crippen LogP contribution in [0.15, 0.2) is 6.20 Å². The zero-order chi connectivity index (χ0) is 13.8. The topological polar surface area (TPSA) is 41.1 Å². The molecule has 1 fully saturated rings. The highest BCUT2D eigenvalue weighted by atomic mass is 32.2. The van der Waals surface area contributed by atoms with Crippen molar-refractivity contribution in [3.8, 4) is 0 Å². The lowest BCUT2D eigenvalue weighted by molar-refractivity contribution is 0.264. The molecule has 1 aromatic heterocycles. The zero-order valence-electron chi connectivity index (χ0n) is 12.3. The van der Waals surface area contributed by atoms with Crippen molar-refractivity contribution in [2.24, 2.45) is 0 Å². The van der Waals surface area contributed by atoms with Crippen molar-refractivity contribution < 1.29 is 0 Å². The summed E-state index contributed by atoms with van der Waals surface area (Å²) in [6, 6.07) is 0.679. The molecule has 2 unspecified atom stereocenters. The molecule has 0 aromatic carbocycles. The number of thioether (sulfide) groups is 1. The highest BCUT2D eigenvalue weighted by Crippen LogP contribution is 2.26. The smallest absolute Gasteiger partial charge is 0.146 e. The van der Waals surface area contributed by atoms with Crippen LogP contribution in [0.3, 0.4) is 0 Å². The van der Waals surface area contributed by atoms with Crippen molar-refractivity contribution in [2.45, 2.75) is 32.9 Å². The van der Waals surface area contributed by atoms with E-state index in [-0.39, 0.29) is 0 Å². The summed E-state index contributed by atoms with van der Waals surface area (Å²) in [5.41, 5.74) is 2.30. The molecule has 4 nitrogen and oxygen atoms in total. The third-order valence-electron chi connectivity index (χ3n) is 3.71. The summed E-state index contributed by atoms with van der Waals surface area (Å²) in [5, 5.41) is 3.42. The van der Waals surface area contributed by atoms with Crippen LogP contribution in [0.5, 0.6) is 0 Å². The maximum absolute atomic E-state index is 4.74. The minimum atomic E-state index is 0.317. The van der Waals surface area contributed by atoms with E-state index in [0.717, 1.165) is 30.4 Å². The van der Waals surface area contributed by atoms with Crippen molar-refractivity contribution in [1.82, 2.24) is 20.2 Å². The molecule has 106 valence electrons. The normalized spacial score (nSPS) is 22.4. The molecule has 1 aliphatic heterocycles. The summed E-state index contributed by atoms with van der Waals surface area (Å²) in [5.74, 6) is 3.28. The largest absolute Gasteiger partial charge is 0.310 e. The lowest BCUT2D eigenvalue weighted by atomic mass is 10.1. The number of nitrogens with zero attached hydrogens (tertiary/aromatic N) is 3. The Morgan fingerprint density at radius 2 is 2.37 bits per heavy atom. The predicted molar refractivity (Wildman–Crippen MR) is 81.6 cm³/mol. The van der Waals surface area contributed by atoms with Crippen molar-refractivity contribution >= 4 is 11.8 Å². The first-order valence-corrected chi connectivity index (χ1v) is 8.13. The maximum Gasteiger partial charge on any atom is 0.146 e. The monoisotopic (exact) mass is 280 g/mol. The summed E-state index contributed by atoms with van der Waals surface area (Å²) < 4.78 is 0. The van der Waals surface area contributed by atoms with Crippen molar-refractivity contribution in [2.75, 3.05) is 31.6 Å². The van der Waals surface area contributed by atoms with E-state index in [1.54, 1.807) is 0 Å². The van der Waals surface area contributed by atoms with Gasteiger partial charge in [-0.05, 0) is 27.4 Å². The molecule has 0 amide bonds. The highest BCUT2D eigenvalue weighted by molar-refractivity contribution is 7.99. The van der Waals surface area contributed by atoms with Gasteiger partial charge in [-0.2, -0.15) is 11.8 Å². The highest BCUT2D eigenvalue weighted by Gasteiger charge is 2.24. The van der Waals surface area contributed by atoms with Gasteiger partial charge in [0.25, 0.3) is 0 Å². The molecule has 1 aliphatic rings. The van der Waals surface area contributed by atoms with E-state index in [2.05, 4.69) is 43.0 Å². The standard InChI is InChI=1S/C14H24N4S/c1-5-15-10(2)12-8-16-14(17-11(12)3)13-9-19-7-6-18(13)4/h8,10,13,15H,5-7,9H2,1-4H3. The third-order valence-corrected chi connectivity index (χ3v) is 4.73. The Morgan fingerprint density at radius 3 is 3.00 bits per heavy atom. The lowest BCUT2D eigenvalue weighted by Gasteiger charge is -2.31. The minimum absolute atomic E-state index is 0.317. The average Bonchev–Trinajstić information content (AvgIpc) is 2.39. The van der Waals surface area contributed by atoms with Gasteiger partial charge in [-0.25, -0.2) is 9.97 Å². The van der Waals surface area contributed by atoms with Gasteiger partial charge in [0.05, 0.1) is 6.04 Å². The van der Waals surface area contributed by atoms with Crippen LogP contribution in [0.4, 0.5) is 0 Å². The van der Waals surface area contributed by atoms with Crippen LogP contribution < -0.4 is 5.32 Å². The second-order valence-electron chi connectivity index (χ2n) is 5.12. The van der Waals surface area contributed by atoms with E-state index in [4.69, 9.17) is 4.98 Å². The lowest BCUT2D eigenvalue weighted by Crippen LogP contribution is -2.34. The van der Waals surface area contributed by atoms with Gasteiger partial charge in [0.2, 0.25) is 0 Å². The summed E-state index contributed by atoms with van der Waals surface area (Å²) in [6.45, 7) is 8.45. The Kier molecular flexibility index (Phi) is 5.19. The quantitative estimate of drug-likeness (QED) is 0.915. The van der Waals surface area contributed by atoms with Crippen molar-refractivity contribution in [3.63, 3.8) is 0 Å². The fourth-order valence-corrected chi connectivity index (χ4v) is 3.66. The van der Waals surface area contributed by atoms with Crippen LogP contribution in [-0.2, 0) is 0 Å². The summed E-state index contributed by atoms with van der Waals surface area (Å²) >= 11 is 1.99. The number of hydrogen-bond donors (Lipinski definition) is 1. The summed E-state index contributed by atoms with van der Waals surface area (Å²) in [4.78, 5) is 11.7. The van der Waals surface area contributed by atoms with Gasteiger partial charge in [-0.3, -0.25) is 4.90 Å². The van der Waals surface area contributed by atoms with E-state index in [0.29, 0.717) is 12.1 Å². The van der Waals surface area contributed by atoms with E-state index in [1.807, 2.05) is 18.0 Å². The summed E-state index contributed by atoms with van der Waals surface area (Å²) in [7, 11) is 2.16. The molecule has 19 heavy (non-hydrogen) atoms. The van der Waals surface area contributed by atoms with Gasteiger partial charge in [0.15, 0.2) is 0 Å². The Morgan fingerprint density at radius 1 is 1.58 bits per heavy atom. The molecule has 0 bridgehead atoms.